The molecule has 0 spiro atoms. The summed E-state index contributed by atoms with van der Waals surface area (Å²) in [6, 6.07) is 17.4. The van der Waals surface area contributed by atoms with Crippen LogP contribution < -0.4 is 4.74 Å². The standard InChI is InChI=1S/C19H23NO4/c1-20(19(22)23)12-10-18(16-7-3-2-4-8-16)24-17-9-5-6-15(14-17)11-13-21/h2-9,14,18,21H,10-13H2,1H3,(H,22,23). The van der Waals surface area contributed by atoms with Crippen molar-refractivity contribution in [1.29, 1.82) is 0 Å². The maximum absolute atomic E-state index is 11.0. The van der Waals surface area contributed by atoms with Crippen molar-refractivity contribution in [3.8, 4) is 5.75 Å². The zero-order valence-electron chi connectivity index (χ0n) is 13.8. The number of benzene rings is 2. The van der Waals surface area contributed by atoms with Gasteiger partial charge in [-0.05, 0) is 29.7 Å². The minimum Gasteiger partial charge on any atom is -0.486 e. The molecule has 2 N–H and O–H groups in total. The van der Waals surface area contributed by atoms with E-state index in [4.69, 9.17) is 14.9 Å². The molecule has 0 saturated carbocycles. The number of rotatable bonds is 8. The molecule has 5 heteroatoms. The van der Waals surface area contributed by atoms with Gasteiger partial charge in [0.2, 0.25) is 0 Å². The van der Waals surface area contributed by atoms with Gasteiger partial charge >= 0.3 is 6.09 Å². The molecule has 24 heavy (non-hydrogen) atoms. The van der Waals surface area contributed by atoms with Crippen LogP contribution in [0.5, 0.6) is 5.75 Å². The van der Waals surface area contributed by atoms with Crippen molar-refractivity contribution in [2.45, 2.75) is 18.9 Å². The van der Waals surface area contributed by atoms with E-state index in [0.29, 0.717) is 25.1 Å². The van der Waals surface area contributed by atoms with Gasteiger partial charge in [0, 0.05) is 26.6 Å². The Hall–Kier alpha value is -2.53. The average Bonchev–Trinajstić information content (AvgIpc) is 2.59. The largest absolute Gasteiger partial charge is 0.486 e. The number of hydrogen-bond donors (Lipinski definition) is 2. The summed E-state index contributed by atoms with van der Waals surface area (Å²) in [5, 5.41) is 18.1. The fourth-order valence-corrected chi connectivity index (χ4v) is 2.44. The average molecular weight is 329 g/mol. The highest BCUT2D eigenvalue weighted by Gasteiger charge is 2.16. The number of nitrogens with zero attached hydrogens (tertiary/aromatic N) is 1. The van der Waals surface area contributed by atoms with Gasteiger partial charge in [-0.1, -0.05) is 42.5 Å². The van der Waals surface area contributed by atoms with Gasteiger partial charge in [0.05, 0.1) is 0 Å². The molecule has 128 valence electrons. The lowest BCUT2D eigenvalue weighted by Crippen LogP contribution is -2.27. The first-order chi connectivity index (χ1) is 11.6. The lowest BCUT2D eigenvalue weighted by molar-refractivity contribution is 0.140. The normalized spacial score (nSPS) is 11.8. The van der Waals surface area contributed by atoms with Gasteiger partial charge in [-0.3, -0.25) is 0 Å². The van der Waals surface area contributed by atoms with E-state index in [2.05, 4.69) is 0 Å². The van der Waals surface area contributed by atoms with Crippen molar-refractivity contribution in [2.75, 3.05) is 20.2 Å². The predicted molar refractivity (Wildman–Crippen MR) is 92.3 cm³/mol. The number of hydrogen-bond acceptors (Lipinski definition) is 3. The molecule has 0 aliphatic heterocycles. The number of amides is 1. The lowest BCUT2D eigenvalue weighted by Gasteiger charge is -2.22. The molecular formula is C19H23NO4. The lowest BCUT2D eigenvalue weighted by atomic mass is 10.1. The molecule has 1 unspecified atom stereocenters. The molecule has 0 bridgehead atoms. The summed E-state index contributed by atoms with van der Waals surface area (Å²) < 4.78 is 6.12. The van der Waals surface area contributed by atoms with E-state index in [1.165, 1.54) is 4.90 Å². The van der Waals surface area contributed by atoms with E-state index in [-0.39, 0.29) is 12.7 Å². The minimum atomic E-state index is -0.952. The minimum absolute atomic E-state index is 0.0922. The van der Waals surface area contributed by atoms with Crippen LogP contribution in [0, 0.1) is 0 Å². The maximum atomic E-state index is 11.0. The number of carbonyl (C=O) groups is 1. The molecular weight excluding hydrogens is 306 g/mol. The van der Waals surface area contributed by atoms with Crippen LogP contribution >= 0.6 is 0 Å². The van der Waals surface area contributed by atoms with Crippen molar-refractivity contribution in [1.82, 2.24) is 4.90 Å². The summed E-state index contributed by atoms with van der Waals surface area (Å²) in [7, 11) is 1.55. The molecule has 0 fully saturated rings. The molecule has 0 aliphatic rings. The molecule has 2 aromatic rings. The summed E-state index contributed by atoms with van der Waals surface area (Å²) in [4.78, 5) is 12.2. The first kappa shape index (κ1) is 17.8. The van der Waals surface area contributed by atoms with Crippen LogP contribution in [-0.4, -0.2) is 41.4 Å². The molecule has 0 saturated heterocycles. The SMILES string of the molecule is CN(CCC(Oc1cccc(CCO)c1)c1ccccc1)C(=O)O. The highest BCUT2D eigenvalue weighted by Crippen LogP contribution is 2.26. The van der Waals surface area contributed by atoms with Crippen LogP contribution in [0.15, 0.2) is 54.6 Å². The summed E-state index contributed by atoms with van der Waals surface area (Å²) in [6.45, 7) is 0.472. The Morgan fingerprint density at radius 1 is 1.17 bits per heavy atom. The van der Waals surface area contributed by atoms with E-state index in [9.17, 15) is 4.79 Å². The number of carboxylic acid groups (broad SMARTS) is 1. The Labute approximate surface area is 142 Å². The van der Waals surface area contributed by atoms with Crippen LogP contribution in [0.3, 0.4) is 0 Å². The van der Waals surface area contributed by atoms with Gasteiger partial charge in [-0.2, -0.15) is 0 Å². The van der Waals surface area contributed by atoms with Crippen LogP contribution in [0.2, 0.25) is 0 Å². The highest BCUT2D eigenvalue weighted by molar-refractivity contribution is 5.64. The molecule has 1 atom stereocenters. The summed E-state index contributed by atoms with van der Waals surface area (Å²) in [5.74, 6) is 0.716. The van der Waals surface area contributed by atoms with Crippen LogP contribution in [0.4, 0.5) is 4.79 Å². The first-order valence-electron chi connectivity index (χ1n) is 7.95. The van der Waals surface area contributed by atoms with Gasteiger partial charge in [-0.25, -0.2) is 4.79 Å². The van der Waals surface area contributed by atoms with Crippen LogP contribution in [0.25, 0.3) is 0 Å². The number of ether oxygens (including phenoxy) is 1. The van der Waals surface area contributed by atoms with Crippen LogP contribution in [-0.2, 0) is 6.42 Å². The second-order valence-electron chi connectivity index (χ2n) is 5.63. The van der Waals surface area contributed by atoms with Crippen molar-refractivity contribution in [3.05, 3.63) is 65.7 Å². The molecule has 0 radical (unpaired) electrons. The molecule has 0 aromatic heterocycles. The molecule has 0 heterocycles. The quantitative estimate of drug-likeness (QED) is 0.779. The fraction of sp³-hybridized carbons (Fsp3) is 0.316. The van der Waals surface area contributed by atoms with E-state index in [1.54, 1.807) is 7.05 Å². The monoisotopic (exact) mass is 329 g/mol. The molecule has 2 rings (SSSR count). The number of aliphatic hydroxyl groups is 1. The van der Waals surface area contributed by atoms with E-state index in [1.807, 2.05) is 54.6 Å². The zero-order chi connectivity index (χ0) is 17.4. The fourth-order valence-electron chi connectivity index (χ4n) is 2.44. The smallest absolute Gasteiger partial charge is 0.407 e. The van der Waals surface area contributed by atoms with E-state index in [0.717, 1.165) is 11.1 Å². The zero-order valence-corrected chi connectivity index (χ0v) is 13.8. The summed E-state index contributed by atoms with van der Waals surface area (Å²) in [5.41, 5.74) is 2.01. The van der Waals surface area contributed by atoms with E-state index < -0.39 is 6.09 Å². The Bertz CT molecular complexity index is 645. The highest BCUT2D eigenvalue weighted by atomic mass is 16.5. The van der Waals surface area contributed by atoms with Gasteiger partial charge in [0.1, 0.15) is 11.9 Å². The molecule has 1 amide bonds. The van der Waals surface area contributed by atoms with Crippen LogP contribution in [0.1, 0.15) is 23.7 Å². The molecule has 0 aliphatic carbocycles. The second-order valence-corrected chi connectivity index (χ2v) is 5.63. The summed E-state index contributed by atoms with van der Waals surface area (Å²) >= 11 is 0. The van der Waals surface area contributed by atoms with Gasteiger partial charge in [0.15, 0.2) is 0 Å². The second kappa shape index (κ2) is 8.93. The first-order valence-corrected chi connectivity index (χ1v) is 7.95. The Morgan fingerprint density at radius 2 is 1.92 bits per heavy atom. The third-order valence-electron chi connectivity index (χ3n) is 3.80. The Balaban J connectivity index is 2.13. The predicted octanol–water partition coefficient (Wildman–Crippen LogP) is 3.34. The van der Waals surface area contributed by atoms with Crippen molar-refractivity contribution in [2.24, 2.45) is 0 Å². The van der Waals surface area contributed by atoms with Crippen molar-refractivity contribution < 1.29 is 19.7 Å². The van der Waals surface area contributed by atoms with Gasteiger partial charge in [0.25, 0.3) is 0 Å². The summed E-state index contributed by atoms with van der Waals surface area (Å²) in [6.07, 6.45) is -0.0597. The van der Waals surface area contributed by atoms with Crippen molar-refractivity contribution >= 4 is 6.09 Å². The maximum Gasteiger partial charge on any atom is 0.407 e. The van der Waals surface area contributed by atoms with Gasteiger partial charge in [-0.15, -0.1) is 0 Å². The Morgan fingerprint density at radius 3 is 2.58 bits per heavy atom. The van der Waals surface area contributed by atoms with Gasteiger partial charge < -0.3 is 19.8 Å². The number of aliphatic hydroxyl groups excluding tert-OH is 1. The Kier molecular flexibility index (Phi) is 6.63. The van der Waals surface area contributed by atoms with Crippen molar-refractivity contribution in [3.63, 3.8) is 0 Å². The van der Waals surface area contributed by atoms with E-state index >= 15 is 0 Å². The molecule has 5 nitrogen and oxygen atoms in total. The topological polar surface area (TPSA) is 70.0 Å². The third kappa shape index (κ3) is 5.28. The third-order valence-corrected chi connectivity index (χ3v) is 3.80. The molecule has 2 aromatic carbocycles.